The standard InChI is InChI=1S/C12H17N3O3S/c1-19(17,18)15(11-4-5-11)8-7-14-12(16)10-3-2-6-13-9-10/h2-3,6,9,11H,4-5,7-8H2,1H3,(H,14,16). The molecule has 1 amide bonds. The van der Waals surface area contributed by atoms with E-state index in [9.17, 15) is 13.2 Å². The molecule has 1 aliphatic rings. The van der Waals surface area contributed by atoms with E-state index in [1.807, 2.05) is 0 Å². The number of carbonyl (C=O) groups is 1. The molecule has 0 aliphatic heterocycles. The molecule has 0 saturated heterocycles. The summed E-state index contributed by atoms with van der Waals surface area (Å²) in [5.41, 5.74) is 0.472. The Kier molecular flexibility index (Phi) is 4.16. The summed E-state index contributed by atoms with van der Waals surface area (Å²) in [7, 11) is -3.19. The lowest BCUT2D eigenvalue weighted by Crippen LogP contribution is -2.39. The van der Waals surface area contributed by atoms with Crippen molar-refractivity contribution in [2.75, 3.05) is 19.3 Å². The monoisotopic (exact) mass is 283 g/mol. The highest BCUT2D eigenvalue weighted by Gasteiger charge is 2.34. The minimum atomic E-state index is -3.19. The lowest BCUT2D eigenvalue weighted by molar-refractivity contribution is 0.0951. The molecule has 1 aliphatic carbocycles. The molecule has 0 spiro atoms. The second-order valence-electron chi connectivity index (χ2n) is 4.60. The lowest BCUT2D eigenvalue weighted by Gasteiger charge is -2.19. The van der Waals surface area contributed by atoms with Gasteiger partial charge in [0.1, 0.15) is 0 Å². The number of nitrogens with zero attached hydrogens (tertiary/aromatic N) is 2. The Bertz CT molecular complexity index is 541. The highest BCUT2D eigenvalue weighted by atomic mass is 32.2. The van der Waals surface area contributed by atoms with Crippen LogP contribution in [0.3, 0.4) is 0 Å². The fraction of sp³-hybridized carbons (Fsp3) is 0.500. The van der Waals surface area contributed by atoms with Gasteiger partial charge in [-0.1, -0.05) is 0 Å². The first kappa shape index (κ1) is 14.0. The molecule has 2 rings (SSSR count). The predicted octanol–water partition coefficient (Wildman–Crippen LogP) is 0.235. The number of amides is 1. The first-order chi connectivity index (χ1) is 8.98. The fourth-order valence-electron chi connectivity index (χ4n) is 1.86. The van der Waals surface area contributed by atoms with Crippen LogP contribution in [0.15, 0.2) is 24.5 Å². The molecule has 1 aromatic rings. The molecule has 6 nitrogen and oxygen atoms in total. The Morgan fingerprint density at radius 1 is 1.53 bits per heavy atom. The Labute approximate surface area is 112 Å². The molecule has 0 bridgehead atoms. The summed E-state index contributed by atoms with van der Waals surface area (Å²) in [6.07, 6.45) is 6.08. The first-order valence-corrected chi connectivity index (χ1v) is 7.98. The smallest absolute Gasteiger partial charge is 0.252 e. The molecule has 0 aromatic carbocycles. The van der Waals surface area contributed by atoms with Gasteiger partial charge in [-0.25, -0.2) is 8.42 Å². The summed E-state index contributed by atoms with van der Waals surface area (Å²) in [6, 6.07) is 3.46. The molecule has 1 saturated carbocycles. The van der Waals surface area contributed by atoms with E-state index >= 15 is 0 Å². The summed E-state index contributed by atoms with van der Waals surface area (Å²) in [5.74, 6) is -0.239. The molecule has 1 aromatic heterocycles. The minimum absolute atomic E-state index is 0.116. The predicted molar refractivity (Wildman–Crippen MR) is 71.1 cm³/mol. The number of pyridine rings is 1. The number of aromatic nitrogens is 1. The van der Waals surface area contributed by atoms with Gasteiger partial charge in [-0.15, -0.1) is 0 Å². The van der Waals surface area contributed by atoms with Gasteiger partial charge < -0.3 is 5.32 Å². The van der Waals surface area contributed by atoms with E-state index in [4.69, 9.17) is 0 Å². The number of hydrogen-bond donors (Lipinski definition) is 1. The molecule has 19 heavy (non-hydrogen) atoms. The van der Waals surface area contributed by atoms with E-state index in [1.165, 1.54) is 16.8 Å². The molecule has 0 atom stereocenters. The van der Waals surface area contributed by atoms with Crippen LogP contribution in [0, 0.1) is 0 Å². The van der Waals surface area contributed by atoms with Crippen molar-refractivity contribution in [3.63, 3.8) is 0 Å². The van der Waals surface area contributed by atoms with Crippen molar-refractivity contribution in [3.8, 4) is 0 Å². The van der Waals surface area contributed by atoms with Gasteiger partial charge in [-0.2, -0.15) is 4.31 Å². The fourth-order valence-corrected chi connectivity index (χ4v) is 3.04. The maximum Gasteiger partial charge on any atom is 0.252 e. The summed E-state index contributed by atoms with van der Waals surface area (Å²) in [5, 5.41) is 2.70. The van der Waals surface area contributed by atoms with Crippen LogP contribution in [-0.4, -0.2) is 49.0 Å². The number of nitrogens with one attached hydrogen (secondary N) is 1. The Hall–Kier alpha value is -1.47. The normalized spacial score (nSPS) is 15.5. The molecule has 104 valence electrons. The van der Waals surface area contributed by atoms with Crippen molar-refractivity contribution in [1.82, 2.24) is 14.6 Å². The Morgan fingerprint density at radius 3 is 2.79 bits per heavy atom. The van der Waals surface area contributed by atoms with Gasteiger partial charge in [-0.3, -0.25) is 9.78 Å². The maximum atomic E-state index is 11.7. The van der Waals surface area contributed by atoms with Crippen LogP contribution in [-0.2, 0) is 10.0 Å². The Balaban J connectivity index is 1.84. The zero-order chi connectivity index (χ0) is 13.9. The minimum Gasteiger partial charge on any atom is -0.351 e. The SMILES string of the molecule is CS(=O)(=O)N(CCNC(=O)c1cccnc1)C1CC1. The third-order valence-corrected chi connectivity index (χ3v) is 4.25. The molecule has 1 fully saturated rings. The zero-order valence-electron chi connectivity index (χ0n) is 10.7. The van der Waals surface area contributed by atoms with Crippen LogP contribution < -0.4 is 5.32 Å². The summed E-state index contributed by atoms with van der Waals surface area (Å²) in [4.78, 5) is 15.6. The van der Waals surface area contributed by atoms with E-state index in [1.54, 1.807) is 18.3 Å². The van der Waals surface area contributed by atoms with Crippen LogP contribution >= 0.6 is 0 Å². The van der Waals surface area contributed by atoms with Crippen molar-refractivity contribution in [2.24, 2.45) is 0 Å². The molecule has 1 heterocycles. The molecule has 1 N–H and O–H groups in total. The number of carbonyl (C=O) groups excluding carboxylic acids is 1. The topological polar surface area (TPSA) is 79.4 Å². The van der Waals surface area contributed by atoms with Gasteiger partial charge in [0, 0.05) is 31.5 Å². The van der Waals surface area contributed by atoms with E-state index in [0.29, 0.717) is 18.7 Å². The van der Waals surface area contributed by atoms with Crippen LogP contribution in [0.4, 0.5) is 0 Å². The van der Waals surface area contributed by atoms with E-state index in [2.05, 4.69) is 10.3 Å². The maximum absolute atomic E-state index is 11.7. The van der Waals surface area contributed by atoms with Crippen LogP contribution in [0.25, 0.3) is 0 Å². The average Bonchev–Trinajstić information content (AvgIpc) is 3.18. The van der Waals surface area contributed by atoms with Gasteiger partial charge in [0.15, 0.2) is 0 Å². The van der Waals surface area contributed by atoms with Crippen molar-refractivity contribution in [2.45, 2.75) is 18.9 Å². The summed E-state index contributed by atoms with van der Waals surface area (Å²) < 4.78 is 24.6. The second-order valence-corrected chi connectivity index (χ2v) is 6.54. The van der Waals surface area contributed by atoms with Crippen LogP contribution in [0.5, 0.6) is 0 Å². The van der Waals surface area contributed by atoms with E-state index in [0.717, 1.165) is 12.8 Å². The van der Waals surface area contributed by atoms with Crippen molar-refractivity contribution in [3.05, 3.63) is 30.1 Å². The van der Waals surface area contributed by atoms with Crippen LogP contribution in [0.2, 0.25) is 0 Å². The van der Waals surface area contributed by atoms with Gasteiger partial charge in [0.2, 0.25) is 10.0 Å². The van der Waals surface area contributed by atoms with Gasteiger partial charge in [0.05, 0.1) is 11.8 Å². The van der Waals surface area contributed by atoms with Crippen molar-refractivity contribution >= 4 is 15.9 Å². The van der Waals surface area contributed by atoms with Crippen molar-refractivity contribution in [1.29, 1.82) is 0 Å². The molecule has 0 radical (unpaired) electrons. The average molecular weight is 283 g/mol. The van der Waals surface area contributed by atoms with Gasteiger partial charge >= 0.3 is 0 Å². The molecule has 7 heteroatoms. The van der Waals surface area contributed by atoms with E-state index in [-0.39, 0.29) is 11.9 Å². The zero-order valence-corrected chi connectivity index (χ0v) is 11.6. The largest absolute Gasteiger partial charge is 0.351 e. The summed E-state index contributed by atoms with van der Waals surface area (Å²) >= 11 is 0. The van der Waals surface area contributed by atoms with Gasteiger partial charge in [0.25, 0.3) is 5.91 Å². The number of rotatable bonds is 6. The first-order valence-electron chi connectivity index (χ1n) is 6.13. The van der Waals surface area contributed by atoms with E-state index < -0.39 is 10.0 Å². The second kappa shape index (κ2) is 5.66. The summed E-state index contributed by atoms with van der Waals surface area (Å²) in [6.45, 7) is 0.618. The highest BCUT2D eigenvalue weighted by Crippen LogP contribution is 2.28. The number of hydrogen-bond acceptors (Lipinski definition) is 4. The van der Waals surface area contributed by atoms with Crippen molar-refractivity contribution < 1.29 is 13.2 Å². The lowest BCUT2D eigenvalue weighted by atomic mass is 10.3. The third-order valence-electron chi connectivity index (χ3n) is 2.92. The molecular weight excluding hydrogens is 266 g/mol. The highest BCUT2D eigenvalue weighted by molar-refractivity contribution is 7.88. The molecular formula is C12H17N3O3S. The number of sulfonamides is 1. The molecule has 0 unspecified atom stereocenters. The third kappa shape index (κ3) is 4.00. The van der Waals surface area contributed by atoms with Crippen LogP contribution in [0.1, 0.15) is 23.2 Å². The van der Waals surface area contributed by atoms with Gasteiger partial charge in [-0.05, 0) is 25.0 Å². The Morgan fingerprint density at radius 2 is 2.26 bits per heavy atom. The quantitative estimate of drug-likeness (QED) is 0.811.